The van der Waals surface area contributed by atoms with Crippen LogP contribution in [0.15, 0.2) is 90.0 Å². The number of rotatable bonds is 6. The molecule has 7 heteroatoms. The van der Waals surface area contributed by atoms with Gasteiger partial charge >= 0.3 is 0 Å². The van der Waals surface area contributed by atoms with Gasteiger partial charge in [-0.1, -0.05) is 60.2 Å². The molecule has 4 rings (SSSR count). The highest BCUT2D eigenvalue weighted by atomic mass is 32.2. The lowest BCUT2D eigenvalue weighted by Crippen LogP contribution is -2.28. The second-order valence-corrected chi connectivity index (χ2v) is 9.24. The predicted octanol–water partition coefficient (Wildman–Crippen LogP) is 4.84. The standard InChI is InChI=1S/C25H23N3O3S/c1-17-12-14-19(15-13-17)18(2)27-25(29)21-9-3-4-10-22(21)28-32(30,31)23-11-5-7-20-8-6-16-26-24(20)23/h3-16,18,28H,1-2H3,(H,27,29). The van der Waals surface area contributed by atoms with Gasteiger partial charge in [0.05, 0.1) is 22.8 Å². The topological polar surface area (TPSA) is 88.2 Å². The van der Waals surface area contributed by atoms with Gasteiger partial charge in [0.1, 0.15) is 4.90 Å². The fraction of sp³-hybridized carbons (Fsp3) is 0.120. The summed E-state index contributed by atoms with van der Waals surface area (Å²) in [4.78, 5) is 17.3. The molecule has 1 unspecified atom stereocenters. The number of aryl methyl sites for hydroxylation is 1. The van der Waals surface area contributed by atoms with Crippen LogP contribution in [0.2, 0.25) is 0 Å². The Morgan fingerprint density at radius 1 is 0.906 bits per heavy atom. The van der Waals surface area contributed by atoms with E-state index in [-0.39, 0.29) is 28.1 Å². The summed E-state index contributed by atoms with van der Waals surface area (Å²) in [5.41, 5.74) is 2.91. The van der Waals surface area contributed by atoms with Crippen molar-refractivity contribution >= 4 is 32.5 Å². The van der Waals surface area contributed by atoms with E-state index in [1.165, 1.54) is 6.07 Å². The van der Waals surface area contributed by atoms with E-state index < -0.39 is 10.0 Å². The third kappa shape index (κ3) is 4.48. The number of sulfonamides is 1. The number of hydrogen-bond donors (Lipinski definition) is 2. The number of pyridine rings is 1. The molecule has 0 aliphatic rings. The van der Waals surface area contributed by atoms with Gasteiger partial charge in [-0.3, -0.25) is 14.5 Å². The molecule has 1 atom stereocenters. The van der Waals surface area contributed by atoms with E-state index in [9.17, 15) is 13.2 Å². The Balaban J connectivity index is 1.62. The van der Waals surface area contributed by atoms with Crippen LogP contribution < -0.4 is 10.0 Å². The van der Waals surface area contributed by atoms with Crippen LogP contribution in [-0.4, -0.2) is 19.3 Å². The highest BCUT2D eigenvalue weighted by Crippen LogP contribution is 2.25. The number of nitrogens with zero attached hydrogens (tertiary/aromatic N) is 1. The van der Waals surface area contributed by atoms with E-state index in [0.29, 0.717) is 10.9 Å². The molecule has 1 heterocycles. The lowest BCUT2D eigenvalue weighted by Gasteiger charge is -2.17. The van der Waals surface area contributed by atoms with Crippen molar-refractivity contribution in [2.24, 2.45) is 0 Å². The van der Waals surface area contributed by atoms with E-state index in [1.54, 1.807) is 54.7 Å². The van der Waals surface area contributed by atoms with Gasteiger partial charge in [-0.2, -0.15) is 0 Å². The summed E-state index contributed by atoms with van der Waals surface area (Å²) in [6, 6.07) is 22.7. The smallest absolute Gasteiger partial charge is 0.264 e. The van der Waals surface area contributed by atoms with E-state index in [0.717, 1.165) is 11.1 Å². The minimum atomic E-state index is -3.97. The van der Waals surface area contributed by atoms with Gasteiger partial charge in [0.2, 0.25) is 0 Å². The molecule has 1 amide bonds. The van der Waals surface area contributed by atoms with Crippen LogP contribution >= 0.6 is 0 Å². The first-order valence-electron chi connectivity index (χ1n) is 10.2. The van der Waals surface area contributed by atoms with Crippen molar-refractivity contribution < 1.29 is 13.2 Å². The molecule has 4 aromatic rings. The normalized spacial score (nSPS) is 12.3. The van der Waals surface area contributed by atoms with E-state index >= 15 is 0 Å². The summed E-state index contributed by atoms with van der Waals surface area (Å²) in [6.45, 7) is 3.89. The van der Waals surface area contributed by atoms with Crippen molar-refractivity contribution in [2.75, 3.05) is 4.72 Å². The lowest BCUT2D eigenvalue weighted by atomic mass is 10.1. The Labute approximate surface area is 187 Å². The molecule has 162 valence electrons. The van der Waals surface area contributed by atoms with Crippen LogP contribution in [0.1, 0.15) is 34.5 Å². The van der Waals surface area contributed by atoms with E-state index in [1.807, 2.05) is 38.1 Å². The first-order valence-corrected chi connectivity index (χ1v) is 11.7. The number of aromatic nitrogens is 1. The summed E-state index contributed by atoms with van der Waals surface area (Å²) in [5.74, 6) is -0.368. The molecule has 1 aromatic heterocycles. The SMILES string of the molecule is Cc1ccc(C(C)NC(=O)c2ccccc2NS(=O)(=O)c2cccc3cccnc23)cc1. The highest BCUT2D eigenvalue weighted by Gasteiger charge is 2.22. The second kappa shape index (κ2) is 8.80. The number of para-hydroxylation sites is 2. The highest BCUT2D eigenvalue weighted by molar-refractivity contribution is 7.93. The lowest BCUT2D eigenvalue weighted by molar-refractivity contribution is 0.0941. The summed E-state index contributed by atoms with van der Waals surface area (Å²) >= 11 is 0. The van der Waals surface area contributed by atoms with Crippen LogP contribution in [0.25, 0.3) is 10.9 Å². The molecule has 2 N–H and O–H groups in total. The molecule has 3 aromatic carbocycles. The number of carbonyl (C=O) groups is 1. The quantitative estimate of drug-likeness (QED) is 0.445. The number of nitrogens with one attached hydrogen (secondary N) is 2. The van der Waals surface area contributed by atoms with Gasteiger partial charge in [-0.25, -0.2) is 8.42 Å². The van der Waals surface area contributed by atoms with E-state index in [2.05, 4.69) is 15.0 Å². The molecule has 0 radical (unpaired) electrons. The molecule has 6 nitrogen and oxygen atoms in total. The Hall–Kier alpha value is -3.71. The third-order valence-electron chi connectivity index (χ3n) is 5.23. The van der Waals surface area contributed by atoms with Crippen LogP contribution in [0, 0.1) is 6.92 Å². The van der Waals surface area contributed by atoms with Crippen LogP contribution in [0.4, 0.5) is 5.69 Å². The van der Waals surface area contributed by atoms with Crippen molar-refractivity contribution in [1.82, 2.24) is 10.3 Å². The molecular formula is C25H23N3O3S. The molecule has 0 aliphatic carbocycles. The van der Waals surface area contributed by atoms with Gasteiger partial charge in [0.25, 0.3) is 15.9 Å². The molecule has 0 bridgehead atoms. The van der Waals surface area contributed by atoms with Gasteiger partial charge in [-0.15, -0.1) is 0 Å². The molecule has 0 fully saturated rings. The molecule has 32 heavy (non-hydrogen) atoms. The first-order chi connectivity index (χ1) is 15.3. The van der Waals surface area contributed by atoms with Crippen molar-refractivity contribution in [2.45, 2.75) is 24.8 Å². The third-order valence-corrected chi connectivity index (χ3v) is 6.62. The second-order valence-electron chi connectivity index (χ2n) is 7.59. The first kappa shape index (κ1) is 21.5. The van der Waals surface area contributed by atoms with Crippen LogP contribution in [0.3, 0.4) is 0 Å². The minimum absolute atomic E-state index is 0.0545. The Morgan fingerprint density at radius 3 is 2.41 bits per heavy atom. The molecule has 0 aliphatic heterocycles. The van der Waals surface area contributed by atoms with Crippen LogP contribution in [0.5, 0.6) is 0 Å². The number of anilines is 1. The number of fused-ring (bicyclic) bond motifs is 1. The Morgan fingerprint density at radius 2 is 1.62 bits per heavy atom. The van der Waals surface area contributed by atoms with Gasteiger partial charge in [0, 0.05) is 11.6 Å². The predicted molar refractivity (Wildman–Crippen MR) is 126 cm³/mol. The fourth-order valence-corrected chi connectivity index (χ4v) is 4.74. The van der Waals surface area contributed by atoms with Gasteiger partial charge < -0.3 is 5.32 Å². The maximum Gasteiger partial charge on any atom is 0.264 e. The Bertz CT molecular complexity index is 1380. The number of benzene rings is 3. The zero-order valence-electron chi connectivity index (χ0n) is 17.7. The largest absolute Gasteiger partial charge is 0.345 e. The van der Waals surface area contributed by atoms with Crippen molar-refractivity contribution in [3.8, 4) is 0 Å². The molecule has 0 saturated carbocycles. The summed E-state index contributed by atoms with van der Waals surface area (Å²) in [7, 11) is -3.97. The van der Waals surface area contributed by atoms with Crippen molar-refractivity contribution in [1.29, 1.82) is 0 Å². The number of amides is 1. The molecule has 0 spiro atoms. The zero-order chi connectivity index (χ0) is 22.7. The van der Waals surface area contributed by atoms with Gasteiger partial charge in [-0.05, 0) is 43.7 Å². The fourth-order valence-electron chi connectivity index (χ4n) is 3.48. The monoisotopic (exact) mass is 445 g/mol. The maximum absolute atomic E-state index is 13.2. The van der Waals surface area contributed by atoms with Crippen molar-refractivity contribution in [3.05, 3.63) is 102 Å². The zero-order valence-corrected chi connectivity index (χ0v) is 18.6. The molecular weight excluding hydrogens is 422 g/mol. The number of hydrogen-bond acceptors (Lipinski definition) is 4. The average molecular weight is 446 g/mol. The summed E-state index contributed by atoms with van der Waals surface area (Å²) in [5, 5.41) is 3.66. The minimum Gasteiger partial charge on any atom is -0.345 e. The maximum atomic E-state index is 13.2. The van der Waals surface area contributed by atoms with Crippen LogP contribution in [-0.2, 0) is 10.0 Å². The average Bonchev–Trinajstić information content (AvgIpc) is 2.79. The van der Waals surface area contributed by atoms with Crippen molar-refractivity contribution in [3.63, 3.8) is 0 Å². The molecule has 0 saturated heterocycles. The Kier molecular flexibility index (Phi) is 5.92. The number of carbonyl (C=O) groups excluding carboxylic acids is 1. The summed E-state index contributed by atoms with van der Waals surface area (Å²) < 4.78 is 28.9. The summed E-state index contributed by atoms with van der Waals surface area (Å²) in [6.07, 6.45) is 1.55. The van der Waals surface area contributed by atoms with Gasteiger partial charge in [0.15, 0.2) is 0 Å². The van der Waals surface area contributed by atoms with E-state index in [4.69, 9.17) is 0 Å².